The fourth-order valence-electron chi connectivity index (χ4n) is 2.07. The smallest absolute Gasteiger partial charge is 0.337 e. The Labute approximate surface area is 105 Å². The van der Waals surface area contributed by atoms with E-state index in [-0.39, 0.29) is 23.9 Å². The number of hydrogen-bond acceptors (Lipinski definition) is 5. The fraction of sp³-hybridized carbons (Fsp3) is 0.417. The van der Waals surface area contributed by atoms with Crippen LogP contribution in [0, 0.1) is 0 Å². The molecule has 0 radical (unpaired) electrons. The number of hydrogen-bond donors (Lipinski definition) is 3. The Morgan fingerprint density at radius 2 is 2.33 bits per heavy atom. The molecule has 1 aliphatic heterocycles. The van der Waals surface area contributed by atoms with Gasteiger partial charge in [0.2, 0.25) is 0 Å². The van der Waals surface area contributed by atoms with Crippen molar-refractivity contribution in [3.63, 3.8) is 0 Å². The second-order valence-corrected chi connectivity index (χ2v) is 4.18. The van der Waals surface area contributed by atoms with Gasteiger partial charge in [-0.25, -0.2) is 4.79 Å². The van der Waals surface area contributed by atoms with E-state index in [1.165, 1.54) is 6.07 Å². The zero-order valence-corrected chi connectivity index (χ0v) is 9.87. The Bertz CT molecular complexity index is 450. The number of nitrogens with zero attached hydrogens (tertiary/aromatic N) is 1. The van der Waals surface area contributed by atoms with Crippen LogP contribution < -0.4 is 10.6 Å². The van der Waals surface area contributed by atoms with Crippen LogP contribution in [0.5, 0.6) is 0 Å². The topological polar surface area (TPSA) is 96.0 Å². The van der Waals surface area contributed by atoms with Gasteiger partial charge < -0.3 is 25.6 Å². The summed E-state index contributed by atoms with van der Waals surface area (Å²) < 4.78 is 5.29. The highest BCUT2D eigenvalue weighted by Gasteiger charge is 2.23. The second kappa shape index (κ2) is 5.24. The molecule has 1 aliphatic rings. The number of morpholine rings is 1. The van der Waals surface area contributed by atoms with Crippen molar-refractivity contribution in [3.05, 3.63) is 23.8 Å². The standard InChI is InChI=1S/C12H16N2O4/c13-11-5-8(1-2-10(11)12(16)17)14-3-4-18-7-9(14)6-15/h1-2,5,9,15H,3-4,6-7,13H2,(H,16,17). The van der Waals surface area contributed by atoms with Gasteiger partial charge in [0.25, 0.3) is 0 Å². The number of benzene rings is 1. The maximum absolute atomic E-state index is 10.9. The highest BCUT2D eigenvalue weighted by atomic mass is 16.5. The van der Waals surface area contributed by atoms with Crippen molar-refractivity contribution in [2.24, 2.45) is 0 Å². The van der Waals surface area contributed by atoms with Crippen LogP contribution >= 0.6 is 0 Å². The number of nitrogen functional groups attached to an aromatic ring is 1. The first-order chi connectivity index (χ1) is 8.63. The van der Waals surface area contributed by atoms with Gasteiger partial charge in [-0.2, -0.15) is 0 Å². The molecular formula is C12H16N2O4. The summed E-state index contributed by atoms with van der Waals surface area (Å²) in [5.74, 6) is -1.04. The molecule has 0 amide bonds. The maximum atomic E-state index is 10.9. The number of rotatable bonds is 3. The van der Waals surface area contributed by atoms with Crippen LogP contribution in [0.3, 0.4) is 0 Å². The van der Waals surface area contributed by atoms with Crippen LogP contribution in [-0.4, -0.2) is 48.6 Å². The Morgan fingerprint density at radius 3 is 2.94 bits per heavy atom. The lowest BCUT2D eigenvalue weighted by Gasteiger charge is -2.36. The molecule has 4 N–H and O–H groups in total. The highest BCUT2D eigenvalue weighted by Crippen LogP contribution is 2.24. The van der Waals surface area contributed by atoms with Crippen LogP contribution in [0.4, 0.5) is 11.4 Å². The summed E-state index contributed by atoms with van der Waals surface area (Å²) in [6.07, 6.45) is 0. The van der Waals surface area contributed by atoms with Crippen LogP contribution in [0.1, 0.15) is 10.4 Å². The van der Waals surface area contributed by atoms with E-state index < -0.39 is 5.97 Å². The summed E-state index contributed by atoms with van der Waals surface area (Å²) >= 11 is 0. The maximum Gasteiger partial charge on any atom is 0.337 e. The van der Waals surface area contributed by atoms with Gasteiger partial charge in [0.1, 0.15) is 0 Å². The molecule has 1 atom stereocenters. The van der Waals surface area contributed by atoms with Crippen molar-refractivity contribution in [1.29, 1.82) is 0 Å². The number of aliphatic hydroxyl groups excluding tert-OH is 1. The van der Waals surface area contributed by atoms with E-state index in [0.717, 1.165) is 5.69 Å². The number of carboxylic acids is 1. The van der Waals surface area contributed by atoms with Gasteiger partial charge in [-0.05, 0) is 18.2 Å². The van der Waals surface area contributed by atoms with Gasteiger partial charge >= 0.3 is 5.97 Å². The summed E-state index contributed by atoms with van der Waals surface area (Å²) in [4.78, 5) is 12.9. The molecule has 1 heterocycles. The lowest BCUT2D eigenvalue weighted by Crippen LogP contribution is -2.47. The number of carboxylic acid groups (broad SMARTS) is 1. The Balaban J connectivity index is 2.27. The molecule has 98 valence electrons. The summed E-state index contributed by atoms with van der Waals surface area (Å²) in [5.41, 5.74) is 6.84. The molecule has 18 heavy (non-hydrogen) atoms. The van der Waals surface area contributed by atoms with Gasteiger partial charge in [0.05, 0.1) is 31.4 Å². The van der Waals surface area contributed by atoms with Gasteiger partial charge in [-0.15, -0.1) is 0 Å². The molecular weight excluding hydrogens is 236 g/mol. The molecule has 0 bridgehead atoms. The summed E-state index contributed by atoms with van der Waals surface area (Å²) in [6.45, 7) is 1.67. The fourth-order valence-corrected chi connectivity index (χ4v) is 2.07. The lowest BCUT2D eigenvalue weighted by molar-refractivity contribution is 0.0696. The first-order valence-electron chi connectivity index (χ1n) is 5.71. The zero-order chi connectivity index (χ0) is 13.1. The van der Waals surface area contributed by atoms with Crippen molar-refractivity contribution < 1.29 is 19.7 Å². The second-order valence-electron chi connectivity index (χ2n) is 4.18. The third-order valence-electron chi connectivity index (χ3n) is 3.04. The molecule has 1 unspecified atom stereocenters. The Hall–Kier alpha value is -1.79. The molecule has 1 saturated heterocycles. The van der Waals surface area contributed by atoms with Crippen LogP contribution in [0.25, 0.3) is 0 Å². The molecule has 1 aromatic rings. The van der Waals surface area contributed by atoms with E-state index in [4.69, 9.17) is 15.6 Å². The van der Waals surface area contributed by atoms with E-state index in [1.54, 1.807) is 12.1 Å². The third kappa shape index (κ3) is 2.39. The number of carbonyl (C=O) groups is 1. The lowest BCUT2D eigenvalue weighted by atomic mass is 10.1. The highest BCUT2D eigenvalue weighted by molar-refractivity contribution is 5.94. The van der Waals surface area contributed by atoms with E-state index in [9.17, 15) is 9.90 Å². The predicted octanol–water partition coefficient (Wildman–Crippen LogP) is 0.164. The average molecular weight is 252 g/mol. The normalized spacial score (nSPS) is 19.8. The summed E-state index contributed by atoms with van der Waals surface area (Å²) in [5, 5.41) is 18.2. The van der Waals surface area contributed by atoms with Crippen molar-refractivity contribution in [2.45, 2.75) is 6.04 Å². The molecule has 1 fully saturated rings. The molecule has 2 rings (SSSR count). The van der Waals surface area contributed by atoms with Gasteiger partial charge in [-0.3, -0.25) is 0 Å². The van der Waals surface area contributed by atoms with E-state index in [0.29, 0.717) is 19.8 Å². The third-order valence-corrected chi connectivity index (χ3v) is 3.04. The van der Waals surface area contributed by atoms with Crippen molar-refractivity contribution in [3.8, 4) is 0 Å². The SMILES string of the molecule is Nc1cc(N2CCOCC2CO)ccc1C(=O)O. The number of nitrogens with two attached hydrogens (primary N) is 1. The van der Waals surface area contributed by atoms with Gasteiger partial charge in [0, 0.05) is 17.9 Å². The molecule has 6 heteroatoms. The average Bonchev–Trinajstić information content (AvgIpc) is 2.38. The molecule has 0 saturated carbocycles. The van der Waals surface area contributed by atoms with Crippen LogP contribution in [0.2, 0.25) is 0 Å². The van der Waals surface area contributed by atoms with E-state index >= 15 is 0 Å². The predicted molar refractivity (Wildman–Crippen MR) is 66.9 cm³/mol. The number of aromatic carboxylic acids is 1. The van der Waals surface area contributed by atoms with E-state index in [2.05, 4.69) is 0 Å². The Morgan fingerprint density at radius 1 is 1.56 bits per heavy atom. The van der Waals surface area contributed by atoms with Gasteiger partial charge in [0.15, 0.2) is 0 Å². The first kappa shape index (κ1) is 12.7. The Kier molecular flexibility index (Phi) is 3.69. The van der Waals surface area contributed by atoms with E-state index in [1.807, 2.05) is 4.90 Å². The molecule has 6 nitrogen and oxygen atoms in total. The first-order valence-corrected chi connectivity index (χ1v) is 5.71. The minimum Gasteiger partial charge on any atom is -0.478 e. The number of aliphatic hydroxyl groups is 1. The van der Waals surface area contributed by atoms with Crippen LogP contribution in [0.15, 0.2) is 18.2 Å². The summed E-state index contributed by atoms with van der Waals surface area (Å²) in [7, 11) is 0. The quantitative estimate of drug-likeness (QED) is 0.663. The molecule has 0 aliphatic carbocycles. The summed E-state index contributed by atoms with van der Waals surface area (Å²) in [6, 6.07) is 4.69. The van der Waals surface area contributed by atoms with Crippen molar-refractivity contribution >= 4 is 17.3 Å². The molecule has 0 aromatic heterocycles. The zero-order valence-electron chi connectivity index (χ0n) is 9.87. The molecule has 0 spiro atoms. The molecule has 1 aromatic carbocycles. The van der Waals surface area contributed by atoms with Gasteiger partial charge in [-0.1, -0.05) is 0 Å². The minimum absolute atomic E-state index is 0.0133. The monoisotopic (exact) mass is 252 g/mol. The largest absolute Gasteiger partial charge is 0.478 e. The van der Waals surface area contributed by atoms with Crippen molar-refractivity contribution in [2.75, 3.05) is 37.0 Å². The minimum atomic E-state index is -1.04. The van der Waals surface area contributed by atoms with Crippen LogP contribution in [-0.2, 0) is 4.74 Å². The number of anilines is 2. The van der Waals surface area contributed by atoms with Crippen molar-refractivity contribution in [1.82, 2.24) is 0 Å². The number of ether oxygens (including phenoxy) is 1.